The Morgan fingerprint density at radius 2 is 2.04 bits per heavy atom. The highest BCUT2D eigenvalue weighted by Gasteiger charge is 2.65. The molecule has 2 unspecified atom stereocenters. The van der Waals surface area contributed by atoms with Gasteiger partial charge in [0.1, 0.15) is 0 Å². The normalized spacial score (nSPS) is 28.9. The van der Waals surface area contributed by atoms with Crippen molar-refractivity contribution in [3.63, 3.8) is 0 Å². The summed E-state index contributed by atoms with van der Waals surface area (Å²) in [6.07, 6.45) is 9.15. The Kier molecular flexibility index (Phi) is 4.21. The van der Waals surface area contributed by atoms with Crippen LogP contribution in [0.5, 0.6) is 0 Å². The Morgan fingerprint density at radius 1 is 1.21 bits per heavy atom. The maximum absolute atomic E-state index is 4.15. The number of benzene rings is 1. The zero-order valence-electron chi connectivity index (χ0n) is 15.0. The summed E-state index contributed by atoms with van der Waals surface area (Å²) in [5, 5.41) is 0. The van der Waals surface area contributed by atoms with Crippen molar-refractivity contribution in [2.45, 2.75) is 44.9 Å². The van der Waals surface area contributed by atoms with Crippen molar-refractivity contribution < 1.29 is 0 Å². The van der Waals surface area contributed by atoms with Crippen LogP contribution in [0.25, 0.3) is 11.3 Å². The van der Waals surface area contributed by atoms with Gasteiger partial charge < -0.3 is 9.88 Å². The molecule has 128 valence electrons. The molecule has 2 atom stereocenters. The highest BCUT2D eigenvalue weighted by molar-refractivity contribution is 5.60. The van der Waals surface area contributed by atoms with Crippen LogP contribution in [0.15, 0.2) is 36.8 Å². The second-order valence-electron chi connectivity index (χ2n) is 7.86. The summed E-state index contributed by atoms with van der Waals surface area (Å²) < 4.78 is 0. The molecule has 1 N–H and O–H groups in total. The van der Waals surface area contributed by atoms with Crippen molar-refractivity contribution in [1.82, 2.24) is 14.9 Å². The van der Waals surface area contributed by atoms with Crippen LogP contribution in [-0.2, 0) is 5.41 Å². The maximum atomic E-state index is 4.15. The molecule has 1 saturated carbocycles. The molecule has 2 aliphatic rings. The van der Waals surface area contributed by atoms with Gasteiger partial charge in [-0.1, -0.05) is 51.3 Å². The summed E-state index contributed by atoms with van der Waals surface area (Å²) >= 11 is 0. The van der Waals surface area contributed by atoms with Gasteiger partial charge in [0.25, 0.3) is 0 Å². The summed E-state index contributed by atoms with van der Waals surface area (Å²) in [6, 6.07) is 9.08. The van der Waals surface area contributed by atoms with Crippen LogP contribution >= 0.6 is 0 Å². The second-order valence-corrected chi connectivity index (χ2v) is 7.86. The van der Waals surface area contributed by atoms with Crippen LogP contribution in [0.1, 0.15) is 45.1 Å². The van der Waals surface area contributed by atoms with Crippen LogP contribution in [0.4, 0.5) is 0 Å². The van der Waals surface area contributed by atoms with Crippen molar-refractivity contribution in [2.75, 3.05) is 19.6 Å². The number of rotatable bonds is 7. The molecule has 0 radical (unpaired) electrons. The van der Waals surface area contributed by atoms with E-state index in [0.29, 0.717) is 5.41 Å². The van der Waals surface area contributed by atoms with E-state index in [0.717, 1.165) is 17.5 Å². The number of H-pyrrole nitrogens is 1. The molecule has 1 aromatic carbocycles. The van der Waals surface area contributed by atoms with Gasteiger partial charge in [0, 0.05) is 18.5 Å². The minimum Gasteiger partial charge on any atom is -0.345 e. The fourth-order valence-corrected chi connectivity index (χ4v) is 4.77. The first-order valence-electron chi connectivity index (χ1n) is 9.55. The number of piperidine rings is 1. The van der Waals surface area contributed by atoms with E-state index in [4.69, 9.17) is 0 Å². The molecule has 2 aromatic rings. The first-order chi connectivity index (χ1) is 11.7. The van der Waals surface area contributed by atoms with Crippen LogP contribution in [-0.4, -0.2) is 34.5 Å². The summed E-state index contributed by atoms with van der Waals surface area (Å²) in [7, 11) is 0. The smallest absolute Gasteiger partial charge is 0.0924 e. The number of nitrogens with one attached hydrogen (secondary N) is 1. The van der Waals surface area contributed by atoms with Crippen molar-refractivity contribution >= 4 is 0 Å². The molecule has 0 spiro atoms. The highest BCUT2D eigenvalue weighted by Crippen LogP contribution is 2.63. The van der Waals surface area contributed by atoms with E-state index < -0.39 is 0 Å². The number of likely N-dealkylation sites (tertiary alicyclic amines) is 1. The van der Waals surface area contributed by atoms with Gasteiger partial charge in [-0.15, -0.1) is 0 Å². The van der Waals surface area contributed by atoms with Crippen LogP contribution in [0, 0.1) is 11.8 Å². The lowest BCUT2D eigenvalue weighted by Gasteiger charge is -2.24. The topological polar surface area (TPSA) is 31.9 Å². The van der Waals surface area contributed by atoms with Crippen molar-refractivity contribution in [3.05, 3.63) is 42.4 Å². The van der Waals surface area contributed by atoms with E-state index in [2.05, 4.69) is 53.0 Å². The second kappa shape index (κ2) is 6.36. The van der Waals surface area contributed by atoms with E-state index in [9.17, 15) is 0 Å². The van der Waals surface area contributed by atoms with E-state index in [-0.39, 0.29) is 0 Å². The quantitative estimate of drug-likeness (QED) is 0.762. The van der Waals surface area contributed by atoms with E-state index in [1.165, 1.54) is 56.4 Å². The molecule has 1 saturated heterocycles. The molecule has 1 aliphatic carbocycles. The Labute approximate surface area is 145 Å². The lowest BCUT2D eigenvalue weighted by molar-refractivity contribution is 0.271. The number of nitrogens with zero attached hydrogens (tertiary/aromatic N) is 2. The van der Waals surface area contributed by atoms with Crippen molar-refractivity contribution in [3.8, 4) is 11.3 Å². The van der Waals surface area contributed by atoms with Gasteiger partial charge in [-0.25, -0.2) is 4.98 Å². The number of aromatic nitrogens is 2. The third-order valence-electron chi connectivity index (χ3n) is 6.45. The molecule has 24 heavy (non-hydrogen) atoms. The summed E-state index contributed by atoms with van der Waals surface area (Å²) in [6.45, 7) is 8.65. The van der Waals surface area contributed by atoms with E-state index in [1.807, 2.05) is 6.20 Å². The van der Waals surface area contributed by atoms with Gasteiger partial charge >= 0.3 is 0 Å². The molecule has 2 fully saturated rings. The Bertz CT molecular complexity index is 664. The summed E-state index contributed by atoms with van der Waals surface area (Å²) in [5.74, 6) is 1.70. The molecule has 3 nitrogen and oxygen atoms in total. The van der Waals surface area contributed by atoms with E-state index >= 15 is 0 Å². The predicted molar refractivity (Wildman–Crippen MR) is 98.9 cm³/mol. The Balaban J connectivity index is 1.40. The minimum atomic E-state index is 0.385. The van der Waals surface area contributed by atoms with Crippen LogP contribution < -0.4 is 0 Å². The van der Waals surface area contributed by atoms with Crippen molar-refractivity contribution in [1.29, 1.82) is 0 Å². The SMILES string of the molecule is CCCCCCN1CC2C(C1)C2(C)c1cccc(-c2cnc[nH]2)c1. The van der Waals surface area contributed by atoms with Gasteiger partial charge in [0.15, 0.2) is 0 Å². The van der Waals surface area contributed by atoms with E-state index in [1.54, 1.807) is 6.33 Å². The van der Waals surface area contributed by atoms with Gasteiger partial charge in [-0.3, -0.25) is 0 Å². The Morgan fingerprint density at radius 3 is 2.75 bits per heavy atom. The molecular formula is C21H29N3. The molecular weight excluding hydrogens is 294 g/mol. The predicted octanol–water partition coefficient (Wildman–Crippen LogP) is 4.48. The minimum absolute atomic E-state index is 0.385. The number of aromatic amines is 1. The average molecular weight is 323 g/mol. The summed E-state index contributed by atoms with van der Waals surface area (Å²) in [5.41, 5.74) is 4.27. The number of hydrogen-bond donors (Lipinski definition) is 1. The fraction of sp³-hybridized carbons (Fsp3) is 0.571. The molecule has 2 heterocycles. The van der Waals surface area contributed by atoms with Gasteiger partial charge in [-0.05, 0) is 42.0 Å². The van der Waals surface area contributed by atoms with Crippen LogP contribution in [0.3, 0.4) is 0 Å². The first-order valence-corrected chi connectivity index (χ1v) is 9.55. The first kappa shape index (κ1) is 15.9. The van der Waals surface area contributed by atoms with Crippen LogP contribution in [0.2, 0.25) is 0 Å². The number of imidazole rings is 1. The standard InChI is InChI=1S/C21H29N3/c1-3-4-5-6-10-24-13-18-19(14-24)21(18,2)17-9-7-8-16(11-17)20-12-22-15-23-20/h7-9,11-12,15,18-19H,3-6,10,13-14H2,1-2H3,(H,22,23). The lowest BCUT2D eigenvalue weighted by atomic mass is 9.90. The van der Waals surface area contributed by atoms with Gasteiger partial charge in [-0.2, -0.15) is 0 Å². The molecule has 0 bridgehead atoms. The third kappa shape index (κ3) is 2.69. The molecule has 3 heteroatoms. The average Bonchev–Trinajstić information content (AvgIpc) is 3.09. The highest BCUT2D eigenvalue weighted by atomic mass is 15.2. The third-order valence-corrected chi connectivity index (χ3v) is 6.45. The fourth-order valence-electron chi connectivity index (χ4n) is 4.77. The molecule has 1 aromatic heterocycles. The Hall–Kier alpha value is -1.61. The summed E-state index contributed by atoms with van der Waals surface area (Å²) in [4.78, 5) is 10.1. The zero-order chi connectivity index (χ0) is 16.6. The number of fused-ring (bicyclic) bond motifs is 1. The molecule has 0 amide bonds. The van der Waals surface area contributed by atoms with Gasteiger partial charge in [0.05, 0.1) is 18.2 Å². The zero-order valence-corrected chi connectivity index (χ0v) is 15.0. The van der Waals surface area contributed by atoms with Gasteiger partial charge in [0.2, 0.25) is 0 Å². The molecule has 1 aliphatic heterocycles. The monoisotopic (exact) mass is 323 g/mol. The van der Waals surface area contributed by atoms with Crippen molar-refractivity contribution in [2.24, 2.45) is 11.8 Å². The molecule has 4 rings (SSSR count). The lowest BCUT2D eigenvalue weighted by Crippen LogP contribution is -2.29. The number of hydrogen-bond acceptors (Lipinski definition) is 2. The number of unbranched alkanes of at least 4 members (excludes halogenated alkanes) is 3. The largest absolute Gasteiger partial charge is 0.345 e. The maximum Gasteiger partial charge on any atom is 0.0924 e.